The van der Waals surface area contributed by atoms with Crippen LogP contribution in [0.5, 0.6) is 5.75 Å². The molecule has 3 aromatic heterocycles. The molecule has 2 fully saturated rings. The molecule has 172 valence electrons. The van der Waals surface area contributed by atoms with Crippen molar-refractivity contribution in [1.82, 2.24) is 24.8 Å². The summed E-state index contributed by atoms with van der Waals surface area (Å²) in [6.45, 7) is 2.81. The molecule has 0 saturated carbocycles. The molecule has 10 heteroatoms. The number of rotatable bonds is 5. The number of carbonyl (C=O) groups excluding carboxylic acids is 1. The molecule has 2 aliphatic heterocycles. The van der Waals surface area contributed by atoms with Gasteiger partial charge in [-0.3, -0.25) is 4.79 Å². The first-order valence-electron chi connectivity index (χ1n) is 10.9. The third kappa shape index (κ3) is 4.00. The maximum atomic E-state index is 14.4. The van der Waals surface area contributed by atoms with Gasteiger partial charge in [0.25, 0.3) is 5.91 Å². The summed E-state index contributed by atoms with van der Waals surface area (Å²) in [5, 5.41) is 16.7. The second kappa shape index (κ2) is 8.65. The first-order valence-corrected chi connectivity index (χ1v) is 10.9. The van der Waals surface area contributed by atoms with Crippen LogP contribution < -0.4 is 15.0 Å². The molecule has 3 aromatic rings. The summed E-state index contributed by atoms with van der Waals surface area (Å²) in [5.74, 6) is 3.10. The highest BCUT2D eigenvalue weighted by molar-refractivity contribution is 5.93. The van der Waals surface area contributed by atoms with Gasteiger partial charge in [0, 0.05) is 56.6 Å². The summed E-state index contributed by atoms with van der Waals surface area (Å²) in [7, 11) is 0. The number of fused-ring (bicyclic) bond motifs is 1. The predicted octanol–water partition coefficient (Wildman–Crippen LogP) is 1.24. The van der Waals surface area contributed by atoms with E-state index in [-0.39, 0.29) is 25.6 Å². The summed E-state index contributed by atoms with van der Waals surface area (Å²) in [4.78, 5) is 20.0. The number of pyridine rings is 2. The summed E-state index contributed by atoms with van der Waals surface area (Å²) in [6, 6.07) is 7.77. The van der Waals surface area contributed by atoms with Crippen molar-refractivity contribution < 1.29 is 13.9 Å². The van der Waals surface area contributed by atoms with Gasteiger partial charge in [-0.2, -0.15) is 10.4 Å². The van der Waals surface area contributed by atoms with Gasteiger partial charge in [0.15, 0.2) is 5.67 Å². The van der Waals surface area contributed by atoms with E-state index in [1.807, 2.05) is 12.1 Å². The molecule has 0 atom stereocenters. The fourth-order valence-corrected chi connectivity index (χ4v) is 4.15. The number of piperazine rings is 1. The van der Waals surface area contributed by atoms with E-state index >= 15 is 0 Å². The number of carbonyl (C=O) groups is 1. The number of amides is 1. The van der Waals surface area contributed by atoms with Crippen LogP contribution in [0.1, 0.15) is 5.56 Å². The molecule has 1 N–H and O–H groups in total. The minimum Gasteiger partial charge on any atom is -0.489 e. The Kier molecular flexibility index (Phi) is 5.52. The molecule has 2 saturated heterocycles. The van der Waals surface area contributed by atoms with E-state index in [0.29, 0.717) is 43.0 Å². The van der Waals surface area contributed by atoms with Gasteiger partial charge >= 0.3 is 0 Å². The van der Waals surface area contributed by atoms with Crippen LogP contribution in [0.25, 0.3) is 16.6 Å². The molecule has 0 bridgehead atoms. The fourth-order valence-electron chi connectivity index (χ4n) is 4.15. The molecular formula is C24H22FN7O2. The summed E-state index contributed by atoms with van der Waals surface area (Å²) in [6.07, 6.45) is 10.1. The number of aromatic nitrogens is 3. The van der Waals surface area contributed by atoms with Crippen molar-refractivity contribution in [2.45, 2.75) is 5.67 Å². The van der Waals surface area contributed by atoms with Crippen LogP contribution in [0.15, 0.2) is 36.8 Å². The van der Waals surface area contributed by atoms with E-state index in [4.69, 9.17) is 11.2 Å². The second-order valence-corrected chi connectivity index (χ2v) is 8.42. The van der Waals surface area contributed by atoms with E-state index in [2.05, 4.69) is 32.3 Å². The molecular weight excluding hydrogens is 437 g/mol. The lowest BCUT2D eigenvalue weighted by molar-refractivity contribution is -0.125. The molecule has 0 aliphatic carbocycles. The summed E-state index contributed by atoms with van der Waals surface area (Å²) < 4.78 is 21.7. The van der Waals surface area contributed by atoms with Crippen LogP contribution in [0.4, 0.5) is 10.2 Å². The van der Waals surface area contributed by atoms with E-state index in [0.717, 1.165) is 16.9 Å². The third-order valence-corrected chi connectivity index (χ3v) is 6.16. The van der Waals surface area contributed by atoms with Gasteiger partial charge in [-0.05, 0) is 24.1 Å². The van der Waals surface area contributed by atoms with Crippen molar-refractivity contribution in [3.8, 4) is 35.3 Å². The van der Waals surface area contributed by atoms with Crippen molar-refractivity contribution in [1.29, 1.82) is 5.26 Å². The lowest BCUT2D eigenvalue weighted by Gasteiger charge is -2.34. The number of terminal acetylenes is 1. The molecule has 0 unspecified atom stereocenters. The molecule has 2 aliphatic rings. The lowest BCUT2D eigenvalue weighted by Crippen LogP contribution is -2.59. The Morgan fingerprint density at radius 1 is 1.26 bits per heavy atom. The minimum absolute atomic E-state index is 0.0668. The van der Waals surface area contributed by atoms with Gasteiger partial charge in [-0.1, -0.05) is 0 Å². The SMILES string of the molecule is C#CC(=O)N1CCN(c2ccc(-c3cc(OCC4(F)CNC4)cn4ncc(C#N)c34)cn2)CC1. The summed E-state index contributed by atoms with van der Waals surface area (Å²) >= 11 is 0. The average Bonchev–Trinajstić information content (AvgIpc) is 3.28. The van der Waals surface area contributed by atoms with Crippen LogP contribution in [0.3, 0.4) is 0 Å². The fraction of sp³-hybridized carbons (Fsp3) is 0.333. The number of alkyl halides is 1. The number of hydrogen-bond donors (Lipinski definition) is 1. The van der Waals surface area contributed by atoms with Gasteiger partial charge in [0.1, 0.15) is 24.2 Å². The zero-order valence-corrected chi connectivity index (χ0v) is 18.4. The topological polar surface area (TPSA) is 98.8 Å². The Balaban J connectivity index is 1.40. The molecule has 34 heavy (non-hydrogen) atoms. The van der Waals surface area contributed by atoms with Gasteiger partial charge < -0.3 is 19.9 Å². The van der Waals surface area contributed by atoms with E-state index in [1.165, 1.54) is 6.20 Å². The molecule has 0 radical (unpaired) electrons. The number of ether oxygens (including phenoxy) is 1. The number of halogens is 1. The highest BCUT2D eigenvalue weighted by Gasteiger charge is 2.38. The van der Waals surface area contributed by atoms with Crippen molar-refractivity contribution in [2.75, 3.05) is 50.8 Å². The van der Waals surface area contributed by atoms with Gasteiger partial charge in [-0.25, -0.2) is 13.9 Å². The smallest absolute Gasteiger partial charge is 0.298 e. The third-order valence-electron chi connectivity index (χ3n) is 6.16. The van der Waals surface area contributed by atoms with Crippen molar-refractivity contribution >= 4 is 17.2 Å². The molecule has 1 amide bonds. The highest BCUT2D eigenvalue weighted by Crippen LogP contribution is 2.32. The van der Waals surface area contributed by atoms with Gasteiger partial charge in [0.05, 0.1) is 23.5 Å². The zero-order valence-electron chi connectivity index (χ0n) is 18.4. The predicted molar refractivity (Wildman–Crippen MR) is 123 cm³/mol. The van der Waals surface area contributed by atoms with Crippen molar-refractivity contribution in [2.24, 2.45) is 0 Å². The van der Waals surface area contributed by atoms with Crippen LogP contribution in [-0.2, 0) is 4.79 Å². The number of anilines is 1. The quantitative estimate of drug-likeness (QED) is 0.573. The van der Waals surface area contributed by atoms with Crippen molar-refractivity contribution in [3.05, 3.63) is 42.4 Å². The number of nitrogens with zero attached hydrogens (tertiary/aromatic N) is 6. The molecule has 5 rings (SSSR count). The number of nitrogens with one attached hydrogen (secondary N) is 1. The largest absolute Gasteiger partial charge is 0.489 e. The lowest BCUT2D eigenvalue weighted by atomic mass is 10.0. The maximum absolute atomic E-state index is 14.4. The van der Waals surface area contributed by atoms with Crippen LogP contribution >= 0.6 is 0 Å². The van der Waals surface area contributed by atoms with Crippen LogP contribution in [-0.4, -0.2) is 76.9 Å². The first-order chi connectivity index (χ1) is 16.5. The van der Waals surface area contributed by atoms with Gasteiger partial charge in [0.2, 0.25) is 0 Å². The monoisotopic (exact) mass is 459 g/mol. The van der Waals surface area contributed by atoms with Gasteiger partial charge in [-0.15, -0.1) is 6.42 Å². The Labute approximate surface area is 195 Å². The van der Waals surface area contributed by atoms with Crippen molar-refractivity contribution in [3.63, 3.8) is 0 Å². The Morgan fingerprint density at radius 3 is 2.68 bits per heavy atom. The Hall–Kier alpha value is -4.15. The van der Waals surface area contributed by atoms with Crippen LogP contribution in [0.2, 0.25) is 0 Å². The molecule has 0 spiro atoms. The Bertz CT molecular complexity index is 1310. The minimum atomic E-state index is -1.38. The van der Waals surface area contributed by atoms with Crippen LogP contribution in [0, 0.1) is 23.7 Å². The first kappa shape index (κ1) is 21.7. The normalized spacial score (nSPS) is 17.0. The summed E-state index contributed by atoms with van der Waals surface area (Å²) in [5.41, 5.74) is 1.17. The Morgan fingerprint density at radius 2 is 2.06 bits per heavy atom. The number of nitriles is 1. The number of hydrogen-bond acceptors (Lipinski definition) is 7. The molecule has 5 heterocycles. The standard InChI is InChI=1S/C24H22FN7O2/c1-2-22(33)31-7-5-30(6-8-31)21-4-3-17(11-28-21)20-9-19(34-16-24(25)14-27-15-24)13-32-23(20)18(10-26)12-29-32/h1,3-4,9,11-13,27H,5-8,14-16H2. The zero-order chi connectivity index (χ0) is 23.7. The van der Waals surface area contributed by atoms with E-state index in [1.54, 1.807) is 27.9 Å². The van der Waals surface area contributed by atoms with E-state index in [9.17, 15) is 14.4 Å². The highest BCUT2D eigenvalue weighted by atomic mass is 19.1. The second-order valence-electron chi connectivity index (χ2n) is 8.42. The molecule has 0 aromatic carbocycles. The molecule has 9 nitrogen and oxygen atoms in total. The average molecular weight is 459 g/mol. The maximum Gasteiger partial charge on any atom is 0.298 e. The van der Waals surface area contributed by atoms with E-state index < -0.39 is 5.67 Å².